The molecule has 1 N–H and O–H groups in total. The van der Waals surface area contributed by atoms with Crippen LogP contribution in [0.3, 0.4) is 0 Å². The molecule has 0 heterocycles. The largest absolute Gasteiger partial charge is 0.494 e. The zero-order valence-electron chi connectivity index (χ0n) is 17.2. The summed E-state index contributed by atoms with van der Waals surface area (Å²) < 4.78 is 5.48. The van der Waals surface area contributed by atoms with Gasteiger partial charge in [-0.2, -0.15) is 0 Å². The molecule has 0 radical (unpaired) electrons. The molecule has 1 aliphatic rings. The van der Waals surface area contributed by atoms with Gasteiger partial charge in [0.25, 0.3) is 0 Å². The third-order valence-electron chi connectivity index (χ3n) is 5.78. The quantitative estimate of drug-likeness (QED) is 0.596. The molecule has 1 atom stereocenters. The van der Waals surface area contributed by atoms with Gasteiger partial charge in [0.1, 0.15) is 5.75 Å². The van der Waals surface area contributed by atoms with Crippen molar-refractivity contribution in [2.75, 3.05) is 11.9 Å². The minimum atomic E-state index is -0.257. The van der Waals surface area contributed by atoms with Crippen LogP contribution < -0.4 is 10.1 Å². The second-order valence-electron chi connectivity index (χ2n) is 7.91. The number of amides is 1. The average molecular weight is 386 g/mol. The van der Waals surface area contributed by atoms with Crippen LogP contribution in [0.2, 0.25) is 0 Å². The normalized spacial score (nSPS) is 16.9. The molecule has 0 saturated heterocycles. The SMILES string of the molecule is CCOc1ccc(NC(=O)[C@@H]2CC2(c2cccc(C)c2)c2cccc(C)c2)cc1. The summed E-state index contributed by atoms with van der Waals surface area (Å²) in [4.78, 5) is 13.2. The number of carbonyl (C=O) groups is 1. The van der Waals surface area contributed by atoms with Gasteiger partial charge in [0, 0.05) is 11.1 Å². The number of hydrogen-bond donors (Lipinski definition) is 1. The van der Waals surface area contributed by atoms with E-state index in [9.17, 15) is 4.79 Å². The van der Waals surface area contributed by atoms with Crippen molar-refractivity contribution in [2.24, 2.45) is 5.92 Å². The van der Waals surface area contributed by atoms with Crippen molar-refractivity contribution in [3.05, 3.63) is 95.1 Å². The van der Waals surface area contributed by atoms with E-state index in [0.29, 0.717) is 6.61 Å². The Balaban J connectivity index is 1.62. The maximum absolute atomic E-state index is 13.2. The Morgan fingerprint density at radius 3 is 2.07 bits per heavy atom. The first-order valence-electron chi connectivity index (χ1n) is 10.2. The predicted octanol–water partition coefficient (Wildman–Crippen LogP) is 5.65. The summed E-state index contributed by atoms with van der Waals surface area (Å²) >= 11 is 0. The maximum atomic E-state index is 13.2. The Morgan fingerprint density at radius 1 is 0.966 bits per heavy atom. The van der Waals surface area contributed by atoms with Crippen LogP contribution in [0.4, 0.5) is 5.69 Å². The molecular weight excluding hydrogens is 358 g/mol. The molecule has 0 aromatic heterocycles. The van der Waals surface area contributed by atoms with E-state index >= 15 is 0 Å². The second-order valence-corrected chi connectivity index (χ2v) is 7.91. The maximum Gasteiger partial charge on any atom is 0.228 e. The zero-order chi connectivity index (χ0) is 20.4. The number of ether oxygens (including phenoxy) is 1. The second kappa shape index (κ2) is 7.75. The van der Waals surface area contributed by atoms with Crippen LogP contribution in [0.15, 0.2) is 72.8 Å². The molecule has 29 heavy (non-hydrogen) atoms. The summed E-state index contributed by atoms with van der Waals surface area (Å²) in [5.74, 6) is 0.792. The van der Waals surface area contributed by atoms with E-state index in [0.717, 1.165) is 17.9 Å². The summed E-state index contributed by atoms with van der Waals surface area (Å²) in [5.41, 5.74) is 5.41. The third-order valence-corrected chi connectivity index (χ3v) is 5.78. The van der Waals surface area contributed by atoms with E-state index in [-0.39, 0.29) is 17.2 Å². The van der Waals surface area contributed by atoms with Crippen LogP contribution in [0.5, 0.6) is 5.75 Å². The van der Waals surface area contributed by atoms with Gasteiger partial charge in [0.05, 0.1) is 12.5 Å². The minimum Gasteiger partial charge on any atom is -0.494 e. The summed E-state index contributed by atoms with van der Waals surface area (Å²) in [6.45, 7) is 6.79. The van der Waals surface area contributed by atoms with Crippen molar-refractivity contribution >= 4 is 11.6 Å². The highest BCUT2D eigenvalue weighted by Crippen LogP contribution is 2.59. The molecule has 1 aliphatic carbocycles. The average Bonchev–Trinajstić information content (AvgIpc) is 3.47. The van der Waals surface area contributed by atoms with Gasteiger partial charge >= 0.3 is 0 Å². The van der Waals surface area contributed by atoms with Gasteiger partial charge in [-0.05, 0) is 62.6 Å². The van der Waals surface area contributed by atoms with E-state index in [1.165, 1.54) is 22.3 Å². The van der Waals surface area contributed by atoms with Gasteiger partial charge < -0.3 is 10.1 Å². The van der Waals surface area contributed by atoms with Crippen LogP contribution >= 0.6 is 0 Å². The fraction of sp³-hybridized carbons (Fsp3) is 0.269. The topological polar surface area (TPSA) is 38.3 Å². The van der Waals surface area contributed by atoms with E-state index in [1.54, 1.807) is 0 Å². The molecule has 1 fully saturated rings. The fourth-order valence-corrected chi connectivity index (χ4v) is 4.26. The summed E-state index contributed by atoms with van der Waals surface area (Å²) in [6.07, 6.45) is 0.822. The third kappa shape index (κ3) is 3.77. The first kappa shape index (κ1) is 19.3. The minimum absolute atomic E-state index is 0.0668. The van der Waals surface area contributed by atoms with Crippen LogP contribution in [0, 0.1) is 19.8 Å². The number of aryl methyl sites for hydroxylation is 2. The molecule has 0 spiro atoms. The lowest BCUT2D eigenvalue weighted by molar-refractivity contribution is -0.117. The number of anilines is 1. The van der Waals surface area contributed by atoms with Crippen LogP contribution in [-0.4, -0.2) is 12.5 Å². The van der Waals surface area contributed by atoms with Gasteiger partial charge in [-0.15, -0.1) is 0 Å². The first-order valence-corrected chi connectivity index (χ1v) is 10.2. The van der Waals surface area contributed by atoms with E-state index in [4.69, 9.17) is 4.74 Å². The van der Waals surface area contributed by atoms with Crippen LogP contribution in [0.1, 0.15) is 35.6 Å². The highest BCUT2D eigenvalue weighted by Gasteiger charge is 2.60. The Labute approximate surface area is 172 Å². The van der Waals surface area contributed by atoms with Gasteiger partial charge in [0.15, 0.2) is 0 Å². The molecule has 148 valence electrons. The highest BCUT2D eigenvalue weighted by molar-refractivity contribution is 5.97. The summed E-state index contributed by atoms with van der Waals surface area (Å²) in [6, 6.07) is 24.7. The number of carbonyl (C=O) groups excluding carboxylic acids is 1. The molecule has 3 aromatic carbocycles. The van der Waals surface area contributed by atoms with Crippen molar-refractivity contribution in [3.8, 4) is 5.75 Å². The molecule has 3 aromatic rings. The van der Waals surface area contributed by atoms with Gasteiger partial charge in [-0.1, -0.05) is 59.7 Å². The van der Waals surface area contributed by atoms with Crippen molar-refractivity contribution in [3.63, 3.8) is 0 Å². The van der Waals surface area contributed by atoms with E-state index in [1.807, 2.05) is 31.2 Å². The monoisotopic (exact) mass is 385 g/mol. The zero-order valence-corrected chi connectivity index (χ0v) is 17.2. The first-order chi connectivity index (χ1) is 14.0. The van der Waals surface area contributed by atoms with Gasteiger partial charge in [-0.25, -0.2) is 0 Å². The molecule has 3 nitrogen and oxygen atoms in total. The lowest BCUT2D eigenvalue weighted by Crippen LogP contribution is -2.22. The standard InChI is InChI=1S/C26H27NO2/c1-4-29-23-13-11-22(12-14-23)27-25(28)24-17-26(24,20-9-5-7-18(2)15-20)21-10-6-8-19(3)16-21/h5-16,24H,4,17H2,1-3H3,(H,27,28)/t24-/m0/s1. The van der Waals surface area contributed by atoms with Crippen LogP contribution in [-0.2, 0) is 10.2 Å². The summed E-state index contributed by atoms with van der Waals surface area (Å²) in [5, 5.41) is 3.10. The highest BCUT2D eigenvalue weighted by atomic mass is 16.5. The lowest BCUT2D eigenvalue weighted by atomic mass is 9.84. The molecule has 0 unspecified atom stereocenters. The molecular formula is C26H27NO2. The van der Waals surface area contributed by atoms with Gasteiger partial charge in [0.2, 0.25) is 5.91 Å². The Bertz CT molecular complexity index is 977. The van der Waals surface area contributed by atoms with Crippen molar-refractivity contribution < 1.29 is 9.53 Å². The van der Waals surface area contributed by atoms with Crippen molar-refractivity contribution in [1.29, 1.82) is 0 Å². The number of rotatable bonds is 6. The van der Waals surface area contributed by atoms with E-state index < -0.39 is 0 Å². The van der Waals surface area contributed by atoms with Gasteiger partial charge in [-0.3, -0.25) is 4.79 Å². The number of nitrogens with one attached hydrogen (secondary N) is 1. The van der Waals surface area contributed by atoms with Crippen molar-refractivity contribution in [2.45, 2.75) is 32.6 Å². The fourth-order valence-electron chi connectivity index (χ4n) is 4.26. The van der Waals surface area contributed by atoms with E-state index in [2.05, 4.69) is 67.7 Å². The Kier molecular flexibility index (Phi) is 5.14. The predicted molar refractivity (Wildman–Crippen MR) is 117 cm³/mol. The van der Waals surface area contributed by atoms with Crippen LogP contribution in [0.25, 0.3) is 0 Å². The number of hydrogen-bond acceptors (Lipinski definition) is 2. The molecule has 4 rings (SSSR count). The molecule has 3 heteroatoms. The Morgan fingerprint density at radius 2 is 1.55 bits per heavy atom. The number of benzene rings is 3. The smallest absolute Gasteiger partial charge is 0.228 e. The molecule has 1 amide bonds. The summed E-state index contributed by atoms with van der Waals surface area (Å²) in [7, 11) is 0. The molecule has 0 bridgehead atoms. The molecule has 1 saturated carbocycles. The Hall–Kier alpha value is -3.07. The molecule has 0 aliphatic heterocycles. The van der Waals surface area contributed by atoms with Crippen molar-refractivity contribution in [1.82, 2.24) is 0 Å². The lowest BCUT2D eigenvalue weighted by Gasteiger charge is -2.20.